The molecule has 0 spiro atoms. The van der Waals surface area contributed by atoms with Crippen molar-refractivity contribution < 1.29 is 29.4 Å². The van der Waals surface area contributed by atoms with Gasteiger partial charge in [0.1, 0.15) is 17.8 Å². The van der Waals surface area contributed by atoms with Gasteiger partial charge in [0.25, 0.3) is 0 Å². The van der Waals surface area contributed by atoms with E-state index in [1.807, 2.05) is 36.4 Å². The molecule has 0 saturated carbocycles. The predicted molar refractivity (Wildman–Crippen MR) is 164 cm³/mol. The maximum atomic E-state index is 13.7. The van der Waals surface area contributed by atoms with E-state index in [4.69, 9.17) is 11.5 Å². The van der Waals surface area contributed by atoms with Gasteiger partial charge in [0.05, 0.1) is 12.1 Å². The number of nitrogens with two attached hydrogens (primary N) is 2. The summed E-state index contributed by atoms with van der Waals surface area (Å²) in [5.74, 6) is -2.37. The molecule has 4 amide bonds. The van der Waals surface area contributed by atoms with Gasteiger partial charge < -0.3 is 37.2 Å². The van der Waals surface area contributed by atoms with Gasteiger partial charge in [-0.25, -0.2) is 0 Å². The average molecular weight is 602 g/mol. The second-order valence-corrected chi connectivity index (χ2v) is 11.1. The highest BCUT2D eigenvalue weighted by Crippen LogP contribution is 2.20. The number of nitrogens with one attached hydrogen (secondary N) is 2. The Labute approximate surface area is 256 Å². The summed E-state index contributed by atoms with van der Waals surface area (Å²) in [6.45, 7) is 0.347. The number of likely N-dealkylation sites (tertiary alicyclic amines) is 1. The van der Waals surface area contributed by atoms with Gasteiger partial charge >= 0.3 is 0 Å². The van der Waals surface area contributed by atoms with Crippen LogP contribution in [0.5, 0.6) is 5.75 Å². The van der Waals surface area contributed by atoms with Crippen molar-refractivity contribution in [3.63, 3.8) is 0 Å². The highest BCUT2D eigenvalue weighted by molar-refractivity contribution is 5.94. The maximum Gasteiger partial charge on any atom is 0.248 e. The molecule has 0 unspecified atom stereocenters. The van der Waals surface area contributed by atoms with E-state index < -0.39 is 48.0 Å². The molecule has 11 nitrogen and oxygen atoms in total. The number of benzene rings is 3. The first-order valence-electron chi connectivity index (χ1n) is 14.6. The number of amides is 4. The first kappa shape index (κ1) is 32.2. The normalized spacial score (nSPS) is 17.2. The Morgan fingerprint density at radius 1 is 0.818 bits per heavy atom. The van der Waals surface area contributed by atoms with E-state index >= 15 is 0 Å². The van der Waals surface area contributed by atoms with Crippen molar-refractivity contribution in [3.05, 3.63) is 102 Å². The third-order valence-corrected chi connectivity index (χ3v) is 7.76. The number of aromatic hydroxyl groups is 1. The number of carbonyl (C=O) groups is 4. The number of aliphatic hydroxyl groups is 1. The molecular weight excluding hydrogens is 562 g/mol. The molecule has 232 valence electrons. The summed E-state index contributed by atoms with van der Waals surface area (Å²) in [6.07, 6.45) is -0.176. The molecule has 8 N–H and O–H groups in total. The highest BCUT2D eigenvalue weighted by Gasteiger charge is 2.38. The molecule has 1 fully saturated rings. The topological polar surface area (TPSA) is 188 Å². The van der Waals surface area contributed by atoms with Crippen molar-refractivity contribution in [1.29, 1.82) is 0 Å². The molecule has 0 bridgehead atoms. The molecule has 1 heterocycles. The van der Waals surface area contributed by atoms with Crippen LogP contribution in [0, 0.1) is 0 Å². The minimum Gasteiger partial charge on any atom is -0.508 e. The largest absolute Gasteiger partial charge is 0.508 e. The van der Waals surface area contributed by atoms with E-state index in [2.05, 4.69) is 10.6 Å². The summed E-state index contributed by atoms with van der Waals surface area (Å²) < 4.78 is 0. The second-order valence-electron chi connectivity index (χ2n) is 11.1. The monoisotopic (exact) mass is 601 g/mol. The number of primary amides is 1. The van der Waals surface area contributed by atoms with Crippen LogP contribution in [0.15, 0.2) is 84.9 Å². The Bertz CT molecular complexity index is 1420. The zero-order chi connectivity index (χ0) is 31.6. The van der Waals surface area contributed by atoms with E-state index in [0.717, 1.165) is 16.7 Å². The Hall–Kier alpha value is -4.74. The zero-order valence-electron chi connectivity index (χ0n) is 24.3. The molecule has 5 atom stereocenters. The van der Waals surface area contributed by atoms with Crippen molar-refractivity contribution in [2.75, 3.05) is 6.54 Å². The summed E-state index contributed by atoms with van der Waals surface area (Å²) in [7, 11) is 0. The highest BCUT2D eigenvalue weighted by atomic mass is 16.3. The van der Waals surface area contributed by atoms with Crippen LogP contribution in [-0.4, -0.2) is 75.6 Å². The lowest BCUT2D eigenvalue weighted by Gasteiger charge is -2.29. The molecule has 1 saturated heterocycles. The summed E-state index contributed by atoms with van der Waals surface area (Å²) in [6, 6.07) is 20.7. The van der Waals surface area contributed by atoms with Crippen LogP contribution >= 0.6 is 0 Å². The first-order valence-corrected chi connectivity index (χ1v) is 14.6. The smallest absolute Gasteiger partial charge is 0.248 e. The quantitative estimate of drug-likeness (QED) is 0.165. The fraction of sp³-hybridized carbons (Fsp3) is 0.333. The van der Waals surface area contributed by atoms with Crippen molar-refractivity contribution in [2.24, 2.45) is 11.5 Å². The van der Waals surface area contributed by atoms with E-state index in [9.17, 15) is 29.4 Å². The fourth-order valence-corrected chi connectivity index (χ4v) is 5.41. The predicted octanol–water partition coefficient (Wildman–Crippen LogP) is 0.554. The molecular formula is C33H39N5O6. The third kappa shape index (κ3) is 8.65. The number of hydrogen-bond acceptors (Lipinski definition) is 7. The van der Waals surface area contributed by atoms with Gasteiger partial charge in [0.15, 0.2) is 6.10 Å². The standard InChI is InChI=1S/C33H39N5O6/c34-25(18-23-13-15-24(39)16-14-23)33(44)38-17-7-12-28(38)32(43)37-27(20-22-10-5-2-6-11-22)31(42)36-26(29(40)30(35)41)19-21-8-3-1-4-9-21/h1-6,8-11,13-16,25-29,39-40H,7,12,17-20,34H2,(H2,35,41)(H,36,42)(H,37,43)/t25-,26+,27-,28-,29+/m0/s1. The van der Waals surface area contributed by atoms with Crippen molar-refractivity contribution >= 4 is 23.6 Å². The minimum atomic E-state index is -1.66. The van der Waals surface area contributed by atoms with E-state index in [0.29, 0.717) is 19.4 Å². The van der Waals surface area contributed by atoms with E-state index in [1.54, 1.807) is 36.4 Å². The van der Waals surface area contributed by atoms with Crippen LogP contribution in [0.2, 0.25) is 0 Å². The van der Waals surface area contributed by atoms with Gasteiger partial charge in [-0.15, -0.1) is 0 Å². The van der Waals surface area contributed by atoms with Gasteiger partial charge in [-0.05, 0) is 54.5 Å². The molecule has 3 aromatic rings. The van der Waals surface area contributed by atoms with Crippen molar-refractivity contribution in [2.45, 2.75) is 62.4 Å². The van der Waals surface area contributed by atoms with Gasteiger partial charge in [-0.3, -0.25) is 19.2 Å². The van der Waals surface area contributed by atoms with Crippen LogP contribution in [0.4, 0.5) is 0 Å². The Kier molecular flexibility index (Phi) is 11.1. The molecule has 0 aliphatic carbocycles. The average Bonchev–Trinajstić information content (AvgIpc) is 3.52. The second kappa shape index (κ2) is 15.1. The first-order chi connectivity index (χ1) is 21.1. The number of phenolic OH excluding ortho intramolecular Hbond substituents is 1. The van der Waals surface area contributed by atoms with Crippen LogP contribution < -0.4 is 22.1 Å². The van der Waals surface area contributed by atoms with Crippen LogP contribution in [0.3, 0.4) is 0 Å². The molecule has 4 rings (SSSR count). The molecule has 0 radical (unpaired) electrons. The number of carbonyl (C=O) groups excluding carboxylic acids is 4. The summed E-state index contributed by atoms with van der Waals surface area (Å²) in [5.41, 5.74) is 13.9. The summed E-state index contributed by atoms with van der Waals surface area (Å²) in [4.78, 5) is 54.0. The molecule has 44 heavy (non-hydrogen) atoms. The maximum absolute atomic E-state index is 13.7. The number of rotatable bonds is 13. The zero-order valence-corrected chi connectivity index (χ0v) is 24.3. The van der Waals surface area contributed by atoms with Gasteiger partial charge in [-0.1, -0.05) is 72.8 Å². The van der Waals surface area contributed by atoms with Gasteiger partial charge in [-0.2, -0.15) is 0 Å². The fourth-order valence-electron chi connectivity index (χ4n) is 5.41. The molecule has 1 aliphatic rings. The molecule has 3 aromatic carbocycles. The Morgan fingerprint density at radius 2 is 1.39 bits per heavy atom. The van der Waals surface area contributed by atoms with Crippen molar-refractivity contribution in [1.82, 2.24) is 15.5 Å². The lowest BCUT2D eigenvalue weighted by atomic mass is 9.99. The number of aliphatic hydroxyl groups excluding tert-OH is 1. The number of phenols is 1. The summed E-state index contributed by atoms with van der Waals surface area (Å²) in [5, 5.41) is 25.6. The van der Waals surface area contributed by atoms with Crippen molar-refractivity contribution in [3.8, 4) is 5.75 Å². The van der Waals surface area contributed by atoms with Crippen LogP contribution in [0.1, 0.15) is 29.5 Å². The minimum absolute atomic E-state index is 0.106. The van der Waals surface area contributed by atoms with Crippen LogP contribution in [0.25, 0.3) is 0 Å². The lowest BCUT2D eigenvalue weighted by Crippen LogP contribution is -2.58. The summed E-state index contributed by atoms with van der Waals surface area (Å²) >= 11 is 0. The molecule has 1 aliphatic heterocycles. The SMILES string of the molecule is NC(=O)[C@H](O)[C@@H](Cc1ccccc1)NC(=O)[C@H](Cc1ccccc1)NC(=O)[C@@H]1CCCN1C(=O)[C@@H](N)Cc1ccc(O)cc1. The third-order valence-electron chi connectivity index (χ3n) is 7.76. The lowest BCUT2D eigenvalue weighted by molar-refractivity contribution is -0.140. The van der Waals surface area contributed by atoms with E-state index in [1.165, 1.54) is 17.0 Å². The van der Waals surface area contributed by atoms with Gasteiger partial charge in [0.2, 0.25) is 23.6 Å². The number of hydrogen-bond donors (Lipinski definition) is 6. The van der Waals surface area contributed by atoms with Gasteiger partial charge in [0, 0.05) is 13.0 Å². The Balaban J connectivity index is 1.49. The Morgan fingerprint density at radius 3 is 1.98 bits per heavy atom. The van der Waals surface area contributed by atoms with E-state index in [-0.39, 0.29) is 30.9 Å². The number of nitrogens with zero attached hydrogens (tertiary/aromatic N) is 1. The molecule has 11 heteroatoms. The van der Waals surface area contributed by atoms with Crippen LogP contribution in [-0.2, 0) is 38.4 Å². The molecule has 0 aromatic heterocycles.